The smallest absolute Gasteiger partial charge is 0.163 e. The first-order valence-corrected chi connectivity index (χ1v) is 8.20. The summed E-state index contributed by atoms with van der Waals surface area (Å²) in [5.41, 5.74) is 4.03. The molecule has 0 amide bonds. The number of Topliss-reactive ketones (excluding diaryl/α,β-unsaturated/α-hetero) is 1. The van der Waals surface area contributed by atoms with Crippen LogP contribution in [0.2, 0.25) is 0 Å². The second-order valence-electron chi connectivity index (χ2n) is 6.30. The summed E-state index contributed by atoms with van der Waals surface area (Å²) in [6, 6.07) is 25.7. The Labute approximate surface area is 141 Å². The van der Waals surface area contributed by atoms with Crippen molar-refractivity contribution < 1.29 is 9.90 Å². The lowest BCUT2D eigenvalue weighted by Crippen LogP contribution is -2.24. The average molecular weight is 314 g/mol. The van der Waals surface area contributed by atoms with E-state index in [4.69, 9.17) is 0 Å². The quantitative estimate of drug-likeness (QED) is 0.731. The largest absolute Gasteiger partial charge is 0.508 e. The molecule has 2 atom stereocenters. The third kappa shape index (κ3) is 2.50. The number of phenols is 1. The summed E-state index contributed by atoms with van der Waals surface area (Å²) in [5.74, 6) is 0.467. The highest BCUT2D eigenvalue weighted by Crippen LogP contribution is 2.46. The molecule has 24 heavy (non-hydrogen) atoms. The number of fused-ring (bicyclic) bond motifs is 1. The van der Waals surface area contributed by atoms with Crippen LogP contribution in [0.15, 0.2) is 78.9 Å². The zero-order valence-corrected chi connectivity index (χ0v) is 13.2. The van der Waals surface area contributed by atoms with Crippen molar-refractivity contribution >= 4 is 5.78 Å². The SMILES string of the molecule is O=C1C[C@H](c2ccccc2)[C@H](c2ccccc2)c2ccc(O)cc21. The Morgan fingerprint density at radius 3 is 2.08 bits per heavy atom. The Hall–Kier alpha value is -2.87. The van der Waals surface area contributed by atoms with Crippen LogP contribution in [0.3, 0.4) is 0 Å². The Morgan fingerprint density at radius 2 is 1.42 bits per heavy atom. The first kappa shape index (κ1) is 14.7. The van der Waals surface area contributed by atoms with Crippen LogP contribution >= 0.6 is 0 Å². The normalized spacial score (nSPS) is 19.8. The summed E-state index contributed by atoms with van der Waals surface area (Å²) in [4.78, 5) is 12.7. The molecule has 0 saturated carbocycles. The number of aromatic hydroxyl groups is 1. The van der Waals surface area contributed by atoms with Gasteiger partial charge in [-0.25, -0.2) is 0 Å². The first-order valence-electron chi connectivity index (χ1n) is 8.20. The number of phenolic OH excluding ortho intramolecular Hbond substituents is 1. The van der Waals surface area contributed by atoms with Crippen LogP contribution in [0.25, 0.3) is 0 Å². The van der Waals surface area contributed by atoms with Gasteiger partial charge < -0.3 is 5.11 Å². The van der Waals surface area contributed by atoms with Gasteiger partial charge in [0, 0.05) is 23.8 Å². The molecule has 118 valence electrons. The van der Waals surface area contributed by atoms with Gasteiger partial charge in [0.05, 0.1) is 0 Å². The molecule has 0 spiro atoms. The van der Waals surface area contributed by atoms with Crippen LogP contribution in [0.4, 0.5) is 0 Å². The third-order valence-electron chi connectivity index (χ3n) is 4.87. The summed E-state index contributed by atoms with van der Waals surface area (Å²) in [5, 5.41) is 9.79. The number of benzene rings is 3. The van der Waals surface area contributed by atoms with Gasteiger partial charge in [-0.1, -0.05) is 66.7 Å². The molecule has 3 aromatic rings. The Bertz CT molecular complexity index is 869. The van der Waals surface area contributed by atoms with E-state index in [0.29, 0.717) is 12.0 Å². The van der Waals surface area contributed by atoms with Crippen LogP contribution in [0, 0.1) is 0 Å². The fourth-order valence-corrected chi connectivity index (χ4v) is 3.78. The Balaban J connectivity index is 1.92. The summed E-state index contributed by atoms with van der Waals surface area (Å²) >= 11 is 0. The molecule has 1 N–H and O–H groups in total. The molecule has 2 nitrogen and oxygen atoms in total. The number of carbonyl (C=O) groups excluding carboxylic acids is 1. The van der Waals surface area contributed by atoms with Crippen molar-refractivity contribution in [1.29, 1.82) is 0 Å². The zero-order chi connectivity index (χ0) is 16.5. The molecule has 2 heteroatoms. The fourth-order valence-electron chi connectivity index (χ4n) is 3.78. The lowest BCUT2D eigenvalue weighted by atomic mass is 9.69. The summed E-state index contributed by atoms with van der Waals surface area (Å²) in [7, 11) is 0. The second-order valence-corrected chi connectivity index (χ2v) is 6.30. The maximum absolute atomic E-state index is 12.7. The summed E-state index contributed by atoms with van der Waals surface area (Å²) in [6.07, 6.45) is 0.458. The molecule has 1 aliphatic rings. The molecule has 0 saturated heterocycles. The van der Waals surface area contributed by atoms with E-state index in [2.05, 4.69) is 24.3 Å². The fraction of sp³-hybridized carbons (Fsp3) is 0.136. The lowest BCUT2D eigenvalue weighted by Gasteiger charge is -2.33. The van der Waals surface area contributed by atoms with E-state index in [1.165, 1.54) is 11.1 Å². The van der Waals surface area contributed by atoms with Gasteiger partial charge in [0.2, 0.25) is 0 Å². The van der Waals surface area contributed by atoms with Crippen LogP contribution in [-0.4, -0.2) is 10.9 Å². The number of hydrogen-bond donors (Lipinski definition) is 1. The molecule has 3 aromatic carbocycles. The minimum Gasteiger partial charge on any atom is -0.508 e. The van der Waals surface area contributed by atoms with Gasteiger partial charge in [0.25, 0.3) is 0 Å². The third-order valence-corrected chi connectivity index (χ3v) is 4.87. The molecule has 0 unspecified atom stereocenters. The maximum Gasteiger partial charge on any atom is 0.163 e. The van der Waals surface area contributed by atoms with Gasteiger partial charge in [0.15, 0.2) is 5.78 Å². The topological polar surface area (TPSA) is 37.3 Å². The van der Waals surface area contributed by atoms with Crippen molar-refractivity contribution in [2.24, 2.45) is 0 Å². The standard InChI is InChI=1S/C22H18O2/c23-17-11-12-18-20(13-17)21(24)14-19(15-7-3-1-4-8-15)22(18)16-9-5-2-6-10-16/h1-13,19,22-23H,14H2/t19-,22-/m1/s1. The lowest BCUT2D eigenvalue weighted by molar-refractivity contribution is 0.0959. The molecule has 0 aliphatic heterocycles. The van der Waals surface area contributed by atoms with Crippen molar-refractivity contribution in [2.45, 2.75) is 18.3 Å². The highest BCUT2D eigenvalue weighted by molar-refractivity contribution is 6.00. The number of carbonyl (C=O) groups is 1. The van der Waals surface area contributed by atoms with E-state index < -0.39 is 0 Å². The van der Waals surface area contributed by atoms with Gasteiger partial charge in [0.1, 0.15) is 5.75 Å². The van der Waals surface area contributed by atoms with Crippen LogP contribution in [0.1, 0.15) is 45.3 Å². The predicted octanol–water partition coefficient (Wildman–Crippen LogP) is 4.89. The second kappa shape index (κ2) is 5.97. The number of hydrogen-bond acceptors (Lipinski definition) is 2. The highest BCUT2D eigenvalue weighted by Gasteiger charge is 2.36. The van der Waals surface area contributed by atoms with Crippen molar-refractivity contribution in [3.05, 3.63) is 101 Å². The summed E-state index contributed by atoms with van der Waals surface area (Å²) in [6.45, 7) is 0. The zero-order valence-electron chi connectivity index (χ0n) is 13.2. The van der Waals surface area contributed by atoms with E-state index in [1.807, 2.05) is 42.5 Å². The van der Waals surface area contributed by atoms with Gasteiger partial charge in [-0.3, -0.25) is 4.79 Å². The van der Waals surface area contributed by atoms with Crippen LogP contribution < -0.4 is 0 Å². The number of rotatable bonds is 2. The Morgan fingerprint density at radius 1 is 0.792 bits per heavy atom. The van der Waals surface area contributed by atoms with E-state index in [-0.39, 0.29) is 23.4 Å². The molecule has 0 bridgehead atoms. The molecule has 0 heterocycles. The van der Waals surface area contributed by atoms with Crippen LogP contribution in [-0.2, 0) is 0 Å². The van der Waals surface area contributed by atoms with E-state index in [1.54, 1.807) is 12.1 Å². The van der Waals surface area contributed by atoms with Gasteiger partial charge >= 0.3 is 0 Å². The van der Waals surface area contributed by atoms with E-state index in [0.717, 1.165) is 5.56 Å². The molecule has 1 aliphatic carbocycles. The van der Waals surface area contributed by atoms with Crippen molar-refractivity contribution in [2.75, 3.05) is 0 Å². The molecule has 0 fully saturated rings. The maximum atomic E-state index is 12.7. The molecule has 0 aromatic heterocycles. The monoisotopic (exact) mass is 314 g/mol. The predicted molar refractivity (Wildman–Crippen MR) is 94.5 cm³/mol. The van der Waals surface area contributed by atoms with Gasteiger partial charge in [-0.15, -0.1) is 0 Å². The molecule has 4 rings (SSSR count). The first-order chi connectivity index (χ1) is 11.7. The van der Waals surface area contributed by atoms with Crippen LogP contribution in [0.5, 0.6) is 5.75 Å². The minimum atomic E-state index is 0.0990. The van der Waals surface area contributed by atoms with E-state index >= 15 is 0 Å². The average Bonchev–Trinajstić information content (AvgIpc) is 2.63. The molecular weight excluding hydrogens is 296 g/mol. The molecular formula is C22H18O2. The van der Waals surface area contributed by atoms with Crippen molar-refractivity contribution in [3.63, 3.8) is 0 Å². The number of ketones is 1. The highest BCUT2D eigenvalue weighted by atomic mass is 16.3. The van der Waals surface area contributed by atoms with Crippen molar-refractivity contribution in [1.82, 2.24) is 0 Å². The minimum absolute atomic E-state index is 0.0990. The van der Waals surface area contributed by atoms with E-state index in [9.17, 15) is 9.90 Å². The molecule has 0 radical (unpaired) electrons. The van der Waals surface area contributed by atoms with Gasteiger partial charge in [-0.2, -0.15) is 0 Å². The van der Waals surface area contributed by atoms with Crippen molar-refractivity contribution in [3.8, 4) is 5.75 Å². The summed E-state index contributed by atoms with van der Waals surface area (Å²) < 4.78 is 0. The Kier molecular flexibility index (Phi) is 3.66. The van der Waals surface area contributed by atoms with Gasteiger partial charge in [-0.05, 0) is 28.8 Å².